The third-order valence-corrected chi connectivity index (χ3v) is 6.80. The largest absolute Gasteiger partial charge is 0.481 e. The summed E-state index contributed by atoms with van der Waals surface area (Å²) in [4.78, 5) is 59.4. The normalized spacial score (nSPS) is 18.4. The van der Waals surface area contributed by atoms with Gasteiger partial charge in [0.1, 0.15) is 11.7 Å². The predicted molar refractivity (Wildman–Crippen MR) is 138 cm³/mol. The fourth-order valence-electron chi connectivity index (χ4n) is 4.80. The Morgan fingerprint density at radius 2 is 1.82 bits per heavy atom. The Labute approximate surface area is 220 Å². The summed E-state index contributed by atoms with van der Waals surface area (Å²) in [6, 6.07) is 7.96. The van der Waals surface area contributed by atoms with Crippen LogP contribution >= 0.6 is 0 Å². The summed E-state index contributed by atoms with van der Waals surface area (Å²) in [6.45, 7) is 4.09. The van der Waals surface area contributed by atoms with E-state index in [-0.39, 0.29) is 51.3 Å². The van der Waals surface area contributed by atoms with Crippen LogP contribution in [0.25, 0.3) is 10.9 Å². The number of aliphatic hydroxyl groups is 1. The molecule has 0 bridgehead atoms. The zero-order valence-corrected chi connectivity index (χ0v) is 21.3. The lowest BCUT2D eigenvalue weighted by Crippen LogP contribution is -2.56. The maximum atomic E-state index is 13.3. The van der Waals surface area contributed by atoms with Crippen LogP contribution in [0.2, 0.25) is 0 Å². The van der Waals surface area contributed by atoms with Gasteiger partial charge in [-0.1, -0.05) is 18.2 Å². The number of fused-ring (bicyclic) bond motifs is 1. The zero-order chi connectivity index (χ0) is 27.2. The van der Waals surface area contributed by atoms with Crippen molar-refractivity contribution in [1.82, 2.24) is 20.1 Å². The number of rotatable bonds is 8. The van der Waals surface area contributed by atoms with Gasteiger partial charge >= 0.3 is 12.1 Å². The minimum absolute atomic E-state index is 0.0866. The number of ether oxygens (including phenoxy) is 1. The molecule has 3 N–H and O–H groups in total. The van der Waals surface area contributed by atoms with E-state index in [0.717, 1.165) is 11.1 Å². The molecule has 204 valence electrons. The molecule has 1 aromatic carbocycles. The van der Waals surface area contributed by atoms with E-state index >= 15 is 0 Å². The number of para-hydroxylation sites is 1. The van der Waals surface area contributed by atoms with Crippen LogP contribution in [0.1, 0.15) is 36.7 Å². The highest BCUT2D eigenvalue weighted by atomic mass is 16.6. The third-order valence-electron chi connectivity index (χ3n) is 6.80. The number of carboxylic acids is 1. The molecule has 0 saturated carbocycles. The van der Waals surface area contributed by atoms with Crippen LogP contribution < -0.4 is 10.2 Å². The number of piperazine rings is 1. The van der Waals surface area contributed by atoms with Crippen molar-refractivity contribution in [2.75, 3.05) is 50.8 Å². The number of nitrogens with one attached hydrogen (secondary N) is 1. The fourth-order valence-corrected chi connectivity index (χ4v) is 4.80. The molecular weight excluding hydrogens is 494 g/mol. The van der Waals surface area contributed by atoms with Crippen LogP contribution in [0.15, 0.2) is 30.3 Å². The Kier molecular flexibility index (Phi) is 8.62. The van der Waals surface area contributed by atoms with E-state index in [1.165, 1.54) is 9.80 Å². The molecule has 3 heterocycles. The van der Waals surface area contributed by atoms with E-state index in [2.05, 4.69) is 10.3 Å². The highest BCUT2D eigenvalue weighted by molar-refractivity contribution is 6.01. The topological polar surface area (TPSA) is 153 Å². The first-order valence-electron chi connectivity index (χ1n) is 12.8. The Morgan fingerprint density at radius 3 is 2.47 bits per heavy atom. The quantitative estimate of drug-likeness (QED) is 0.458. The number of hydrogen-bond acceptors (Lipinski definition) is 8. The smallest absolute Gasteiger partial charge is 0.409 e. The highest BCUT2D eigenvalue weighted by Gasteiger charge is 2.31. The SMILES string of the molecule is CCOC(=O)N1CCN(C(=O)C(CCC(=O)O)NC(=O)c2cc(N3CCC(O)C3)c3ccccc3n2)CC1. The molecule has 12 heteroatoms. The molecule has 2 unspecified atom stereocenters. The molecule has 12 nitrogen and oxygen atoms in total. The van der Waals surface area contributed by atoms with Gasteiger partial charge in [0.2, 0.25) is 5.91 Å². The van der Waals surface area contributed by atoms with Crippen molar-refractivity contribution in [3.8, 4) is 0 Å². The number of hydrogen-bond donors (Lipinski definition) is 3. The second-order valence-electron chi connectivity index (χ2n) is 9.40. The minimum Gasteiger partial charge on any atom is -0.481 e. The van der Waals surface area contributed by atoms with Gasteiger partial charge in [0.15, 0.2) is 0 Å². The molecule has 2 aromatic rings. The van der Waals surface area contributed by atoms with Crippen LogP contribution in [0.5, 0.6) is 0 Å². The number of aliphatic hydroxyl groups excluding tert-OH is 1. The molecule has 0 radical (unpaired) electrons. The average molecular weight is 528 g/mol. The predicted octanol–water partition coefficient (Wildman–Crippen LogP) is 1.07. The van der Waals surface area contributed by atoms with E-state index in [4.69, 9.17) is 4.74 Å². The van der Waals surface area contributed by atoms with Gasteiger partial charge in [0.25, 0.3) is 5.91 Å². The first-order chi connectivity index (χ1) is 18.3. The van der Waals surface area contributed by atoms with Gasteiger partial charge in [-0.05, 0) is 31.9 Å². The lowest BCUT2D eigenvalue weighted by molar-refractivity contribution is -0.138. The fraction of sp³-hybridized carbons (Fsp3) is 0.500. The van der Waals surface area contributed by atoms with Crippen LogP contribution in [0.3, 0.4) is 0 Å². The number of carboxylic acid groups (broad SMARTS) is 1. The molecule has 2 fully saturated rings. The maximum Gasteiger partial charge on any atom is 0.409 e. The zero-order valence-electron chi connectivity index (χ0n) is 21.3. The van der Waals surface area contributed by atoms with Crippen LogP contribution in [0.4, 0.5) is 10.5 Å². The average Bonchev–Trinajstić information content (AvgIpc) is 3.36. The molecule has 4 rings (SSSR count). The maximum absolute atomic E-state index is 13.3. The number of β-amino-alcohol motifs (C(OH)–C–C–N with tert-alkyl or cyclic N) is 1. The van der Waals surface area contributed by atoms with Gasteiger partial charge in [-0.2, -0.15) is 0 Å². The summed E-state index contributed by atoms with van der Waals surface area (Å²) in [5.74, 6) is -2.08. The van der Waals surface area contributed by atoms with Gasteiger partial charge in [-0.3, -0.25) is 14.4 Å². The molecule has 38 heavy (non-hydrogen) atoms. The lowest BCUT2D eigenvalue weighted by Gasteiger charge is -2.36. The Bertz CT molecular complexity index is 1200. The van der Waals surface area contributed by atoms with Crippen LogP contribution in [0, 0.1) is 0 Å². The Balaban J connectivity index is 1.52. The number of aliphatic carboxylic acids is 1. The summed E-state index contributed by atoms with van der Waals surface area (Å²) < 4.78 is 5.01. The van der Waals surface area contributed by atoms with Gasteiger partial charge in [-0.25, -0.2) is 9.78 Å². The second kappa shape index (κ2) is 12.1. The molecule has 2 saturated heterocycles. The van der Waals surface area contributed by atoms with Gasteiger partial charge < -0.3 is 35.0 Å². The number of amides is 3. The Hall–Kier alpha value is -3.93. The third kappa shape index (κ3) is 6.31. The molecule has 2 aliphatic heterocycles. The summed E-state index contributed by atoms with van der Waals surface area (Å²) in [5.41, 5.74) is 1.46. The summed E-state index contributed by atoms with van der Waals surface area (Å²) in [7, 11) is 0. The Morgan fingerprint density at radius 1 is 1.11 bits per heavy atom. The van der Waals surface area contributed by atoms with Crippen molar-refractivity contribution in [2.45, 2.75) is 38.3 Å². The summed E-state index contributed by atoms with van der Waals surface area (Å²) in [6.07, 6.45) is -0.674. The van der Waals surface area contributed by atoms with Crippen molar-refractivity contribution < 1.29 is 34.1 Å². The van der Waals surface area contributed by atoms with Crippen LogP contribution in [-0.4, -0.2) is 107 Å². The number of aromatic nitrogens is 1. The second-order valence-corrected chi connectivity index (χ2v) is 9.40. The number of carbonyl (C=O) groups excluding carboxylic acids is 3. The highest BCUT2D eigenvalue weighted by Crippen LogP contribution is 2.29. The van der Waals surface area contributed by atoms with Gasteiger partial charge in [0.05, 0.1) is 18.2 Å². The molecule has 3 amide bonds. The first kappa shape index (κ1) is 27.1. The molecule has 0 spiro atoms. The van der Waals surface area contributed by atoms with Gasteiger partial charge in [0, 0.05) is 56.8 Å². The van der Waals surface area contributed by atoms with Crippen molar-refractivity contribution in [3.63, 3.8) is 0 Å². The molecular formula is C26H33N5O7. The molecule has 2 aliphatic rings. The van der Waals surface area contributed by atoms with Gasteiger partial charge in [-0.15, -0.1) is 0 Å². The lowest BCUT2D eigenvalue weighted by atomic mass is 10.1. The van der Waals surface area contributed by atoms with Crippen molar-refractivity contribution in [3.05, 3.63) is 36.0 Å². The standard InChI is InChI=1S/C26H33N5O7/c1-2-38-26(37)30-13-11-29(12-14-30)25(36)20(7-8-23(33)34)28-24(35)21-15-22(31-10-9-17(32)16-31)18-5-3-4-6-19(18)27-21/h3-6,15,17,20,32H,2,7-14,16H2,1H3,(H,28,35)(H,33,34). The first-order valence-corrected chi connectivity index (χ1v) is 12.8. The summed E-state index contributed by atoms with van der Waals surface area (Å²) in [5, 5.41) is 22.8. The number of pyridine rings is 1. The van der Waals surface area contributed by atoms with E-state index in [0.29, 0.717) is 25.0 Å². The van der Waals surface area contributed by atoms with E-state index in [1.807, 2.05) is 23.1 Å². The number of benzene rings is 1. The van der Waals surface area contributed by atoms with Crippen molar-refractivity contribution in [2.24, 2.45) is 0 Å². The summed E-state index contributed by atoms with van der Waals surface area (Å²) >= 11 is 0. The van der Waals surface area contributed by atoms with Crippen molar-refractivity contribution in [1.29, 1.82) is 0 Å². The van der Waals surface area contributed by atoms with E-state index in [1.54, 1.807) is 19.1 Å². The molecule has 1 aromatic heterocycles. The van der Waals surface area contributed by atoms with Crippen LogP contribution in [-0.2, 0) is 14.3 Å². The monoisotopic (exact) mass is 527 g/mol. The van der Waals surface area contributed by atoms with E-state index in [9.17, 15) is 29.4 Å². The number of carbonyl (C=O) groups is 4. The minimum atomic E-state index is -1.08. The van der Waals surface area contributed by atoms with Crippen molar-refractivity contribution >= 4 is 40.5 Å². The molecule has 0 aliphatic carbocycles. The van der Waals surface area contributed by atoms with E-state index < -0.39 is 36.0 Å². The number of nitrogens with zero attached hydrogens (tertiary/aromatic N) is 4. The number of anilines is 1. The molecule has 2 atom stereocenters.